The molecule has 1 aromatic heterocycles. The van der Waals surface area contributed by atoms with Crippen LogP contribution in [0.25, 0.3) is 0 Å². The summed E-state index contributed by atoms with van der Waals surface area (Å²) in [7, 11) is 0. The quantitative estimate of drug-likeness (QED) is 0.687. The molecule has 1 amide bonds. The van der Waals surface area contributed by atoms with E-state index in [2.05, 4.69) is 15.4 Å². The Morgan fingerprint density at radius 2 is 2.00 bits per heavy atom. The van der Waals surface area contributed by atoms with Crippen LogP contribution >= 0.6 is 23.2 Å². The number of aromatic nitrogens is 3. The first-order valence-corrected chi connectivity index (χ1v) is 5.99. The number of carbonyl (C=O) groups excluding carboxylic acids is 1. The second-order valence-electron chi connectivity index (χ2n) is 3.71. The third-order valence-corrected chi connectivity index (χ3v) is 2.58. The predicted molar refractivity (Wildman–Crippen MR) is 71.8 cm³/mol. The zero-order valence-corrected chi connectivity index (χ0v) is 11.3. The van der Waals surface area contributed by atoms with Gasteiger partial charge in [-0.3, -0.25) is 4.79 Å². The van der Waals surface area contributed by atoms with Crippen molar-refractivity contribution >= 4 is 40.7 Å². The van der Waals surface area contributed by atoms with Crippen LogP contribution in [0, 0.1) is 10.1 Å². The van der Waals surface area contributed by atoms with Crippen LogP contribution in [0.3, 0.4) is 0 Å². The van der Waals surface area contributed by atoms with Crippen LogP contribution in [0.5, 0.6) is 0 Å². The Morgan fingerprint density at radius 1 is 1.35 bits per heavy atom. The van der Waals surface area contributed by atoms with Gasteiger partial charge in [-0.1, -0.05) is 28.2 Å². The minimum atomic E-state index is -0.745. The lowest BCUT2D eigenvalue weighted by Gasteiger charge is -2.05. The average molecular weight is 316 g/mol. The van der Waals surface area contributed by atoms with Gasteiger partial charge in [-0.25, -0.2) is 0 Å². The number of anilines is 1. The highest BCUT2D eigenvalue weighted by molar-refractivity contribution is 6.35. The largest absolute Gasteiger partial charge is 0.490 e. The number of nitrogens with zero attached hydrogens (tertiary/aromatic N) is 4. The van der Waals surface area contributed by atoms with E-state index in [-0.39, 0.29) is 6.54 Å². The normalized spacial score (nSPS) is 10.3. The van der Waals surface area contributed by atoms with E-state index in [4.69, 9.17) is 23.2 Å². The first-order valence-electron chi connectivity index (χ1n) is 5.24. The van der Waals surface area contributed by atoms with Crippen LogP contribution in [0.4, 0.5) is 11.6 Å². The van der Waals surface area contributed by atoms with E-state index in [1.165, 1.54) is 18.2 Å². The third kappa shape index (κ3) is 3.65. The Labute approximate surface area is 122 Å². The molecule has 0 radical (unpaired) electrons. The molecule has 0 saturated heterocycles. The molecule has 0 aliphatic heterocycles. The molecule has 8 nitrogen and oxygen atoms in total. The fraction of sp³-hybridized carbons (Fsp3) is 0.100. The number of nitrogens with one attached hydrogen (secondary N) is 1. The summed E-state index contributed by atoms with van der Waals surface area (Å²) in [6, 6.07) is 4.57. The Bertz CT molecular complexity index is 652. The van der Waals surface area contributed by atoms with Gasteiger partial charge in [-0.15, -0.1) is 0 Å². The number of benzene rings is 1. The van der Waals surface area contributed by atoms with Crippen molar-refractivity contribution in [2.75, 3.05) is 5.32 Å². The van der Waals surface area contributed by atoms with Crippen LogP contribution in [-0.2, 0) is 11.3 Å². The molecule has 1 N–H and O–H groups in total. The second-order valence-corrected chi connectivity index (χ2v) is 4.58. The second kappa shape index (κ2) is 5.85. The van der Waals surface area contributed by atoms with E-state index < -0.39 is 16.8 Å². The molecule has 0 fully saturated rings. The summed E-state index contributed by atoms with van der Waals surface area (Å²) in [5.74, 6) is -1.01. The fourth-order valence-corrected chi connectivity index (χ4v) is 1.94. The van der Waals surface area contributed by atoms with Gasteiger partial charge in [0.05, 0.1) is 0 Å². The number of hydrogen-bond acceptors (Lipinski definition) is 5. The van der Waals surface area contributed by atoms with Crippen LogP contribution < -0.4 is 5.32 Å². The summed E-state index contributed by atoms with van der Waals surface area (Å²) >= 11 is 11.6. The van der Waals surface area contributed by atoms with Crippen molar-refractivity contribution in [1.82, 2.24) is 14.8 Å². The Kier molecular flexibility index (Phi) is 4.16. The summed E-state index contributed by atoms with van der Waals surface area (Å²) in [4.78, 5) is 24.8. The van der Waals surface area contributed by atoms with Gasteiger partial charge in [0.1, 0.15) is 6.54 Å². The molecular weight excluding hydrogens is 309 g/mol. The van der Waals surface area contributed by atoms with E-state index in [0.29, 0.717) is 15.7 Å². The molecule has 1 aromatic carbocycles. The highest BCUT2D eigenvalue weighted by atomic mass is 35.5. The summed E-state index contributed by atoms with van der Waals surface area (Å²) in [5, 5.41) is 17.2. The van der Waals surface area contributed by atoms with Crippen molar-refractivity contribution < 1.29 is 9.72 Å². The van der Waals surface area contributed by atoms with Crippen molar-refractivity contribution in [1.29, 1.82) is 0 Å². The molecular formula is C10H7Cl2N5O3. The Morgan fingerprint density at radius 3 is 2.55 bits per heavy atom. The van der Waals surface area contributed by atoms with Crippen LogP contribution in [0.2, 0.25) is 10.0 Å². The van der Waals surface area contributed by atoms with Crippen LogP contribution in [0.15, 0.2) is 24.5 Å². The molecule has 104 valence electrons. The van der Waals surface area contributed by atoms with E-state index in [1.807, 2.05) is 0 Å². The molecule has 0 saturated carbocycles. The fourth-order valence-electron chi connectivity index (χ4n) is 1.42. The molecule has 1 heterocycles. The Hall–Kier alpha value is -2.19. The zero-order chi connectivity index (χ0) is 14.7. The minimum Gasteiger partial charge on any atom is -0.390 e. The smallest absolute Gasteiger partial charge is 0.390 e. The van der Waals surface area contributed by atoms with Crippen molar-refractivity contribution in [3.63, 3.8) is 0 Å². The van der Waals surface area contributed by atoms with Gasteiger partial charge >= 0.3 is 5.95 Å². The van der Waals surface area contributed by atoms with E-state index in [1.54, 1.807) is 0 Å². The molecule has 0 atom stereocenters. The van der Waals surface area contributed by atoms with Gasteiger partial charge in [0, 0.05) is 20.8 Å². The summed E-state index contributed by atoms with van der Waals surface area (Å²) in [6.45, 7) is -0.217. The minimum absolute atomic E-state index is 0.217. The van der Waals surface area contributed by atoms with Crippen molar-refractivity contribution in [3.8, 4) is 0 Å². The first kappa shape index (κ1) is 14.2. The zero-order valence-electron chi connectivity index (χ0n) is 9.79. The number of nitro groups is 1. The standard InChI is InChI=1S/C10H7Cl2N5O3/c11-6-1-7(12)3-8(2-6)14-9(18)4-16-5-13-10(15-16)17(19)20/h1-3,5H,4H2,(H,14,18). The van der Waals surface area contributed by atoms with E-state index in [0.717, 1.165) is 11.0 Å². The number of hydrogen-bond donors (Lipinski definition) is 1. The van der Waals surface area contributed by atoms with Crippen LogP contribution in [-0.4, -0.2) is 25.6 Å². The van der Waals surface area contributed by atoms with Gasteiger partial charge in [0.2, 0.25) is 12.2 Å². The predicted octanol–water partition coefficient (Wildman–Crippen LogP) is 2.13. The monoisotopic (exact) mass is 315 g/mol. The number of rotatable bonds is 4. The molecule has 0 unspecified atom stereocenters. The van der Waals surface area contributed by atoms with Gasteiger partial charge < -0.3 is 15.4 Å². The third-order valence-electron chi connectivity index (χ3n) is 2.14. The lowest BCUT2D eigenvalue weighted by atomic mass is 10.3. The highest BCUT2D eigenvalue weighted by Gasteiger charge is 2.15. The lowest BCUT2D eigenvalue weighted by molar-refractivity contribution is -0.394. The summed E-state index contributed by atoms with van der Waals surface area (Å²) in [6.07, 6.45) is 1.10. The number of amides is 1. The van der Waals surface area contributed by atoms with E-state index in [9.17, 15) is 14.9 Å². The SMILES string of the molecule is O=C(Cn1cnc([N+](=O)[O-])n1)Nc1cc(Cl)cc(Cl)c1. The maximum Gasteiger partial charge on any atom is 0.490 e. The molecule has 0 aliphatic carbocycles. The molecule has 0 spiro atoms. The van der Waals surface area contributed by atoms with Crippen molar-refractivity contribution in [2.45, 2.75) is 6.54 Å². The molecule has 2 aromatic rings. The van der Waals surface area contributed by atoms with Gasteiger partial charge in [0.15, 0.2) is 0 Å². The first-order chi connectivity index (χ1) is 9.44. The topological polar surface area (TPSA) is 103 Å². The van der Waals surface area contributed by atoms with Crippen LogP contribution in [0.1, 0.15) is 0 Å². The van der Waals surface area contributed by atoms with Gasteiger partial charge in [-0.2, -0.15) is 4.68 Å². The van der Waals surface area contributed by atoms with E-state index >= 15 is 0 Å². The molecule has 2 rings (SSSR count). The molecule has 0 bridgehead atoms. The highest BCUT2D eigenvalue weighted by Crippen LogP contribution is 2.22. The van der Waals surface area contributed by atoms with Crippen molar-refractivity contribution in [2.24, 2.45) is 0 Å². The lowest BCUT2D eigenvalue weighted by Crippen LogP contribution is -2.19. The number of halogens is 2. The molecule has 10 heteroatoms. The summed E-state index contributed by atoms with van der Waals surface area (Å²) in [5.41, 5.74) is 0.419. The molecule has 0 aliphatic rings. The van der Waals surface area contributed by atoms with Crippen molar-refractivity contribution in [3.05, 3.63) is 44.7 Å². The maximum atomic E-state index is 11.7. The maximum absolute atomic E-state index is 11.7. The average Bonchev–Trinajstić information content (AvgIpc) is 2.75. The molecule has 20 heavy (non-hydrogen) atoms. The van der Waals surface area contributed by atoms with Gasteiger partial charge in [0.25, 0.3) is 0 Å². The number of carbonyl (C=O) groups is 1. The van der Waals surface area contributed by atoms with Gasteiger partial charge in [-0.05, 0) is 23.1 Å². The Balaban J connectivity index is 2.03. The summed E-state index contributed by atoms with van der Waals surface area (Å²) < 4.78 is 1.06.